The summed E-state index contributed by atoms with van der Waals surface area (Å²) in [5, 5.41) is 9.88. The zero-order valence-electron chi connectivity index (χ0n) is 18.5. The number of carbonyl (C=O) groups is 3. The van der Waals surface area contributed by atoms with E-state index >= 15 is 0 Å². The Hall–Kier alpha value is -4.73. The summed E-state index contributed by atoms with van der Waals surface area (Å²) < 4.78 is 16.7. The average Bonchev–Trinajstić information content (AvgIpc) is 3.55. The predicted octanol–water partition coefficient (Wildman–Crippen LogP) is 2.63. The van der Waals surface area contributed by atoms with Gasteiger partial charge in [-0.1, -0.05) is 0 Å². The summed E-state index contributed by atoms with van der Waals surface area (Å²) in [6.07, 6.45) is 5.03. The molecule has 1 aliphatic rings. The molecule has 0 spiro atoms. The van der Waals surface area contributed by atoms with Crippen LogP contribution in [0, 0.1) is 5.82 Å². The first-order chi connectivity index (χ1) is 17.0. The van der Waals surface area contributed by atoms with Gasteiger partial charge in [-0.15, -0.1) is 0 Å². The number of hydrogen-bond acceptors (Lipinski definition) is 4. The van der Waals surface area contributed by atoms with Gasteiger partial charge in [-0.2, -0.15) is 5.10 Å². The van der Waals surface area contributed by atoms with Crippen molar-refractivity contribution in [3.05, 3.63) is 96.2 Å². The normalized spacial score (nSPS) is 13.4. The summed E-state index contributed by atoms with van der Waals surface area (Å²) >= 11 is 0. The average molecular weight is 472 g/mol. The van der Waals surface area contributed by atoms with Crippen molar-refractivity contribution in [2.45, 2.75) is 0 Å². The molecule has 0 unspecified atom stereocenters. The molecule has 2 N–H and O–H groups in total. The topological polar surface area (TPSA) is 101 Å². The molecule has 0 bridgehead atoms. The first-order valence-corrected chi connectivity index (χ1v) is 10.9. The van der Waals surface area contributed by atoms with Gasteiger partial charge in [-0.25, -0.2) is 9.07 Å². The summed E-state index contributed by atoms with van der Waals surface area (Å²) in [5.41, 5.74) is 1.83. The molecule has 2 aromatic carbocycles. The molecule has 10 heteroatoms. The van der Waals surface area contributed by atoms with Crippen molar-refractivity contribution in [3.8, 4) is 11.5 Å². The highest BCUT2D eigenvalue weighted by molar-refractivity contribution is 6.06. The summed E-state index contributed by atoms with van der Waals surface area (Å²) in [6.45, 7) is 0.898. The molecule has 35 heavy (non-hydrogen) atoms. The van der Waals surface area contributed by atoms with Crippen LogP contribution in [0.15, 0.2) is 79.3 Å². The number of aromatic nitrogens is 3. The van der Waals surface area contributed by atoms with Gasteiger partial charge in [0.05, 0.1) is 18.4 Å². The lowest BCUT2D eigenvalue weighted by atomic mass is 10.1. The standard InChI is InChI=1S/C25H21FN6O3/c26-18-5-9-20(10-6-18)32-24(30-12-1-2-13-30)21(15-28-32)23(34)29-19-7-3-17(4-8-19)25(35)31-14-11-27-22(33)16-31/h1-10,12-13,15H,11,14,16H2,(H,27,33)(H,29,34). The van der Waals surface area contributed by atoms with Crippen molar-refractivity contribution in [1.29, 1.82) is 0 Å². The molecule has 1 fully saturated rings. The zero-order chi connectivity index (χ0) is 24.4. The van der Waals surface area contributed by atoms with Crippen LogP contribution in [0.2, 0.25) is 0 Å². The number of carbonyl (C=O) groups excluding carboxylic acids is 3. The number of hydrogen-bond donors (Lipinski definition) is 2. The number of nitrogens with one attached hydrogen (secondary N) is 2. The SMILES string of the molecule is O=C1CN(C(=O)c2ccc(NC(=O)c3cnn(-c4ccc(F)cc4)c3-n3cccc3)cc2)CCN1. The number of halogens is 1. The molecule has 0 atom stereocenters. The second-order valence-corrected chi connectivity index (χ2v) is 7.97. The lowest BCUT2D eigenvalue weighted by Crippen LogP contribution is -2.49. The number of benzene rings is 2. The molecular weight excluding hydrogens is 451 g/mol. The Morgan fingerprint density at radius 3 is 2.40 bits per heavy atom. The van der Waals surface area contributed by atoms with Crippen molar-refractivity contribution in [1.82, 2.24) is 24.6 Å². The highest BCUT2D eigenvalue weighted by atomic mass is 19.1. The Kier molecular flexibility index (Phi) is 5.84. The van der Waals surface area contributed by atoms with Gasteiger partial charge in [0.1, 0.15) is 11.4 Å². The van der Waals surface area contributed by atoms with Gasteiger partial charge >= 0.3 is 0 Å². The van der Waals surface area contributed by atoms with Crippen molar-refractivity contribution < 1.29 is 18.8 Å². The maximum Gasteiger partial charge on any atom is 0.261 e. The first kappa shape index (κ1) is 22.1. The number of piperazine rings is 1. The lowest BCUT2D eigenvalue weighted by Gasteiger charge is -2.26. The second-order valence-electron chi connectivity index (χ2n) is 7.97. The molecule has 1 aliphatic heterocycles. The molecular formula is C25H21FN6O3. The molecule has 4 aromatic rings. The Bertz CT molecular complexity index is 1380. The molecule has 176 valence electrons. The minimum atomic E-state index is -0.395. The fourth-order valence-electron chi connectivity index (χ4n) is 3.89. The van der Waals surface area contributed by atoms with E-state index in [4.69, 9.17) is 0 Å². The highest BCUT2D eigenvalue weighted by Crippen LogP contribution is 2.22. The van der Waals surface area contributed by atoms with Crippen LogP contribution in [0.25, 0.3) is 11.5 Å². The minimum Gasteiger partial charge on any atom is -0.353 e. The van der Waals surface area contributed by atoms with Crippen molar-refractivity contribution in [3.63, 3.8) is 0 Å². The fourth-order valence-corrected chi connectivity index (χ4v) is 3.89. The van der Waals surface area contributed by atoms with Crippen LogP contribution in [0.5, 0.6) is 0 Å². The summed E-state index contributed by atoms with van der Waals surface area (Å²) in [5.74, 6) is -0.698. The van der Waals surface area contributed by atoms with Gasteiger partial charge in [-0.05, 0) is 60.7 Å². The van der Waals surface area contributed by atoms with Crippen LogP contribution in [-0.2, 0) is 4.79 Å². The number of nitrogens with zero attached hydrogens (tertiary/aromatic N) is 4. The van der Waals surface area contributed by atoms with Gasteiger partial charge in [0, 0.05) is 36.7 Å². The maximum atomic E-state index is 13.4. The van der Waals surface area contributed by atoms with Crippen molar-refractivity contribution in [2.24, 2.45) is 0 Å². The summed E-state index contributed by atoms with van der Waals surface area (Å²) in [4.78, 5) is 38.9. The van der Waals surface area contributed by atoms with E-state index in [0.29, 0.717) is 41.4 Å². The van der Waals surface area contributed by atoms with Gasteiger partial charge in [0.15, 0.2) is 5.82 Å². The van der Waals surface area contributed by atoms with E-state index in [0.717, 1.165) is 0 Å². The molecule has 1 saturated heterocycles. The third kappa shape index (κ3) is 4.54. The number of anilines is 1. The lowest BCUT2D eigenvalue weighted by molar-refractivity contribution is -0.123. The largest absolute Gasteiger partial charge is 0.353 e. The number of rotatable bonds is 5. The van der Waals surface area contributed by atoms with Gasteiger partial charge in [0.25, 0.3) is 11.8 Å². The van der Waals surface area contributed by atoms with E-state index in [-0.39, 0.29) is 24.2 Å². The quantitative estimate of drug-likeness (QED) is 0.466. The van der Waals surface area contributed by atoms with Crippen LogP contribution in [0.4, 0.5) is 10.1 Å². The Morgan fingerprint density at radius 2 is 1.71 bits per heavy atom. The van der Waals surface area contributed by atoms with E-state index in [1.165, 1.54) is 23.2 Å². The molecule has 0 aliphatic carbocycles. The van der Waals surface area contributed by atoms with E-state index < -0.39 is 5.91 Å². The van der Waals surface area contributed by atoms with E-state index in [9.17, 15) is 18.8 Å². The molecule has 3 heterocycles. The molecule has 0 radical (unpaired) electrons. The third-order valence-electron chi connectivity index (χ3n) is 5.62. The molecule has 9 nitrogen and oxygen atoms in total. The minimum absolute atomic E-state index is 0.0253. The number of amides is 3. The summed E-state index contributed by atoms with van der Waals surface area (Å²) in [7, 11) is 0. The molecule has 0 saturated carbocycles. The molecule has 3 amide bonds. The maximum absolute atomic E-state index is 13.4. The monoisotopic (exact) mass is 472 g/mol. The zero-order valence-corrected chi connectivity index (χ0v) is 18.5. The van der Waals surface area contributed by atoms with Crippen molar-refractivity contribution >= 4 is 23.4 Å². The van der Waals surface area contributed by atoms with Crippen LogP contribution in [-0.4, -0.2) is 56.6 Å². The van der Waals surface area contributed by atoms with Crippen LogP contribution in [0.3, 0.4) is 0 Å². The first-order valence-electron chi connectivity index (χ1n) is 10.9. The van der Waals surface area contributed by atoms with Crippen molar-refractivity contribution in [2.75, 3.05) is 25.0 Å². The molecule has 5 rings (SSSR count). The fraction of sp³-hybridized carbons (Fsp3) is 0.120. The Labute approximate surface area is 199 Å². The van der Waals surface area contributed by atoms with E-state index in [2.05, 4.69) is 15.7 Å². The summed E-state index contributed by atoms with van der Waals surface area (Å²) in [6, 6.07) is 16.0. The van der Waals surface area contributed by atoms with Gasteiger partial charge in [-0.3, -0.25) is 14.4 Å². The van der Waals surface area contributed by atoms with E-state index in [1.807, 2.05) is 12.1 Å². The van der Waals surface area contributed by atoms with Crippen LogP contribution in [0.1, 0.15) is 20.7 Å². The highest BCUT2D eigenvalue weighted by Gasteiger charge is 2.23. The van der Waals surface area contributed by atoms with Gasteiger partial charge in [0.2, 0.25) is 5.91 Å². The third-order valence-corrected chi connectivity index (χ3v) is 5.62. The van der Waals surface area contributed by atoms with Gasteiger partial charge < -0.3 is 20.1 Å². The van der Waals surface area contributed by atoms with E-state index in [1.54, 1.807) is 58.0 Å². The Morgan fingerprint density at radius 1 is 1.00 bits per heavy atom. The van der Waals surface area contributed by atoms with Crippen LogP contribution < -0.4 is 10.6 Å². The molecule has 2 aromatic heterocycles. The van der Waals surface area contributed by atoms with Crippen LogP contribution >= 0.6 is 0 Å². The smallest absolute Gasteiger partial charge is 0.261 e. The Balaban J connectivity index is 1.38. The predicted molar refractivity (Wildman–Crippen MR) is 126 cm³/mol. The second kappa shape index (κ2) is 9.26.